The molecular weight excluding hydrogens is 366 g/mol. The molecule has 0 radical (unpaired) electrons. The molecule has 0 fully saturated rings. The number of para-hydroxylation sites is 1. The van der Waals surface area contributed by atoms with Gasteiger partial charge in [0.15, 0.2) is 11.5 Å². The Morgan fingerprint density at radius 2 is 1.69 bits per heavy atom. The molecule has 2 aromatic carbocycles. The van der Waals surface area contributed by atoms with Crippen LogP contribution in [0.1, 0.15) is 18.1 Å². The zero-order valence-corrected chi connectivity index (χ0v) is 17.7. The molecule has 0 aliphatic carbocycles. The van der Waals surface area contributed by atoms with Crippen molar-refractivity contribution in [3.63, 3.8) is 0 Å². The lowest BCUT2D eigenvalue weighted by molar-refractivity contribution is 0.323. The fraction of sp³-hybridized carbons (Fsp3) is 0.391. The third kappa shape index (κ3) is 5.22. The van der Waals surface area contributed by atoms with Crippen molar-refractivity contribution in [2.24, 2.45) is 0 Å². The number of aromatic amines is 1. The number of methoxy groups -OCH3 is 3. The summed E-state index contributed by atoms with van der Waals surface area (Å²) in [5, 5.41) is 8.36. The fourth-order valence-electron chi connectivity index (χ4n) is 3.58. The summed E-state index contributed by atoms with van der Waals surface area (Å²) >= 11 is 0. The van der Waals surface area contributed by atoms with Gasteiger partial charge in [-0.25, -0.2) is 0 Å². The molecule has 1 unspecified atom stereocenters. The Labute approximate surface area is 172 Å². The number of ether oxygens (including phenoxy) is 3. The summed E-state index contributed by atoms with van der Waals surface area (Å²) in [7, 11) is 4.88. The number of hydrogen-bond donors (Lipinski definition) is 3. The van der Waals surface area contributed by atoms with Crippen molar-refractivity contribution in [1.82, 2.24) is 15.6 Å². The van der Waals surface area contributed by atoms with Crippen LogP contribution in [0.4, 0.5) is 0 Å². The minimum absolute atomic E-state index is 0.400. The summed E-state index contributed by atoms with van der Waals surface area (Å²) in [5.74, 6) is 1.97. The third-order valence-corrected chi connectivity index (χ3v) is 5.05. The van der Waals surface area contributed by atoms with E-state index in [4.69, 9.17) is 14.2 Å². The van der Waals surface area contributed by atoms with Crippen LogP contribution in [-0.2, 0) is 13.0 Å². The van der Waals surface area contributed by atoms with E-state index in [9.17, 15) is 0 Å². The lowest BCUT2D eigenvalue weighted by Gasteiger charge is -2.15. The number of H-pyrrole nitrogens is 1. The van der Waals surface area contributed by atoms with E-state index in [1.54, 1.807) is 21.3 Å². The predicted octanol–water partition coefficient (Wildman–Crippen LogP) is 3.50. The lowest BCUT2D eigenvalue weighted by atomic mass is 10.1. The van der Waals surface area contributed by atoms with Crippen LogP contribution >= 0.6 is 0 Å². The molecule has 3 rings (SSSR count). The van der Waals surface area contributed by atoms with Gasteiger partial charge in [-0.1, -0.05) is 18.2 Å². The van der Waals surface area contributed by atoms with Gasteiger partial charge in [0, 0.05) is 42.8 Å². The molecule has 0 saturated carbocycles. The number of rotatable bonds is 11. The summed E-state index contributed by atoms with van der Waals surface area (Å²) in [5.41, 5.74) is 3.64. The zero-order valence-electron chi connectivity index (χ0n) is 17.7. The van der Waals surface area contributed by atoms with E-state index >= 15 is 0 Å². The van der Waals surface area contributed by atoms with Crippen LogP contribution in [0.15, 0.2) is 42.6 Å². The molecule has 0 amide bonds. The smallest absolute Gasteiger partial charge is 0.203 e. The first-order valence-electron chi connectivity index (χ1n) is 9.94. The average Bonchev–Trinajstić information content (AvgIpc) is 3.15. The van der Waals surface area contributed by atoms with Gasteiger partial charge >= 0.3 is 0 Å². The van der Waals surface area contributed by atoms with Gasteiger partial charge in [0.05, 0.1) is 21.3 Å². The van der Waals surface area contributed by atoms with Gasteiger partial charge < -0.3 is 29.8 Å². The Hall–Kier alpha value is -2.70. The molecule has 3 aromatic rings. The largest absolute Gasteiger partial charge is 0.493 e. The van der Waals surface area contributed by atoms with Crippen LogP contribution in [-0.4, -0.2) is 45.4 Å². The molecule has 0 saturated heterocycles. The maximum absolute atomic E-state index is 5.41. The highest BCUT2D eigenvalue weighted by Gasteiger charge is 2.13. The zero-order chi connectivity index (χ0) is 20.6. The first-order chi connectivity index (χ1) is 14.2. The van der Waals surface area contributed by atoms with Gasteiger partial charge in [-0.15, -0.1) is 0 Å². The number of hydrogen-bond acceptors (Lipinski definition) is 5. The quantitative estimate of drug-likeness (QED) is 0.432. The van der Waals surface area contributed by atoms with E-state index in [-0.39, 0.29) is 0 Å². The van der Waals surface area contributed by atoms with Crippen LogP contribution < -0.4 is 24.8 Å². The Kier molecular flexibility index (Phi) is 7.38. The third-order valence-electron chi connectivity index (χ3n) is 5.05. The summed E-state index contributed by atoms with van der Waals surface area (Å²) in [6, 6.07) is 12.8. The summed E-state index contributed by atoms with van der Waals surface area (Å²) in [4.78, 5) is 3.35. The predicted molar refractivity (Wildman–Crippen MR) is 117 cm³/mol. The fourth-order valence-corrected chi connectivity index (χ4v) is 3.58. The maximum Gasteiger partial charge on any atom is 0.203 e. The second kappa shape index (κ2) is 10.2. The van der Waals surface area contributed by atoms with Crippen molar-refractivity contribution in [3.8, 4) is 17.2 Å². The highest BCUT2D eigenvalue weighted by atomic mass is 16.5. The van der Waals surface area contributed by atoms with Gasteiger partial charge in [-0.05, 0) is 42.7 Å². The Morgan fingerprint density at radius 3 is 2.38 bits per heavy atom. The Balaban J connectivity index is 1.45. The van der Waals surface area contributed by atoms with E-state index in [1.807, 2.05) is 12.1 Å². The van der Waals surface area contributed by atoms with Crippen LogP contribution in [0.25, 0.3) is 10.9 Å². The second-order valence-electron chi connectivity index (χ2n) is 7.13. The molecule has 1 heterocycles. The molecule has 156 valence electrons. The number of aromatic nitrogens is 1. The first-order valence-corrected chi connectivity index (χ1v) is 9.94. The van der Waals surface area contributed by atoms with Crippen LogP contribution in [0.3, 0.4) is 0 Å². The van der Waals surface area contributed by atoms with Crippen LogP contribution in [0.2, 0.25) is 0 Å². The summed E-state index contributed by atoms with van der Waals surface area (Å²) in [6.07, 6.45) is 3.11. The van der Waals surface area contributed by atoms with Gasteiger partial charge in [0.25, 0.3) is 0 Å². The Bertz CT molecular complexity index is 898. The molecule has 1 atom stereocenters. The molecule has 0 aliphatic rings. The highest BCUT2D eigenvalue weighted by molar-refractivity contribution is 5.83. The molecule has 0 spiro atoms. The first kappa shape index (κ1) is 21.0. The van der Waals surface area contributed by atoms with E-state index < -0.39 is 0 Å². The van der Waals surface area contributed by atoms with Crippen LogP contribution in [0.5, 0.6) is 17.2 Å². The Morgan fingerprint density at radius 1 is 0.966 bits per heavy atom. The lowest BCUT2D eigenvalue weighted by Crippen LogP contribution is -2.34. The molecule has 3 N–H and O–H groups in total. The van der Waals surface area contributed by atoms with E-state index in [0.717, 1.165) is 31.6 Å². The number of fused-ring (bicyclic) bond motifs is 1. The highest BCUT2D eigenvalue weighted by Crippen LogP contribution is 2.38. The SMILES string of the molecule is COc1cc(CNCCNC(C)Cc2c[nH]c3ccccc23)cc(OC)c1OC. The van der Waals surface area contributed by atoms with E-state index in [0.29, 0.717) is 23.3 Å². The van der Waals surface area contributed by atoms with Crippen molar-refractivity contribution in [2.45, 2.75) is 25.9 Å². The molecule has 0 aliphatic heterocycles. The molecular formula is C23H31N3O3. The normalized spacial score (nSPS) is 12.1. The van der Waals surface area contributed by atoms with Gasteiger partial charge in [-0.3, -0.25) is 0 Å². The van der Waals surface area contributed by atoms with Gasteiger partial charge in [0.2, 0.25) is 5.75 Å². The number of nitrogens with one attached hydrogen (secondary N) is 3. The molecule has 6 nitrogen and oxygen atoms in total. The monoisotopic (exact) mass is 397 g/mol. The van der Waals surface area contributed by atoms with Crippen molar-refractivity contribution in [2.75, 3.05) is 34.4 Å². The molecule has 29 heavy (non-hydrogen) atoms. The topological polar surface area (TPSA) is 67.5 Å². The van der Waals surface area contributed by atoms with Gasteiger partial charge in [-0.2, -0.15) is 0 Å². The van der Waals surface area contributed by atoms with Crippen molar-refractivity contribution >= 4 is 10.9 Å². The van der Waals surface area contributed by atoms with Crippen molar-refractivity contribution in [1.29, 1.82) is 0 Å². The summed E-state index contributed by atoms with van der Waals surface area (Å²) < 4.78 is 16.2. The van der Waals surface area contributed by atoms with Crippen LogP contribution in [0, 0.1) is 0 Å². The average molecular weight is 398 g/mol. The maximum atomic E-state index is 5.41. The van der Waals surface area contributed by atoms with E-state index in [1.165, 1.54) is 16.5 Å². The minimum Gasteiger partial charge on any atom is -0.493 e. The molecule has 0 bridgehead atoms. The molecule has 1 aromatic heterocycles. The molecule has 6 heteroatoms. The van der Waals surface area contributed by atoms with E-state index in [2.05, 4.69) is 53.0 Å². The minimum atomic E-state index is 0.400. The van der Waals surface area contributed by atoms with Crippen molar-refractivity contribution < 1.29 is 14.2 Å². The van der Waals surface area contributed by atoms with Crippen molar-refractivity contribution in [3.05, 3.63) is 53.7 Å². The number of benzene rings is 2. The van der Waals surface area contributed by atoms with Gasteiger partial charge in [0.1, 0.15) is 0 Å². The summed E-state index contributed by atoms with van der Waals surface area (Å²) in [6.45, 7) is 4.72. The second-order valence-corrected chi connectivity index (χ2v) is 7.13. The standard InChI is InChI=1S/C23H31N3O3/c1-16(11-18-15-26-20-8-6-5-7-19(18)20)25-10-9-24-14-17-12-21(27-2)23(29-4)22(13-17)28-3/h5-8,12-13,15-16,24-26H,9-11,14H2,1-4H3.